The highest BCUT2D eigenvalue weighted by Gasteiger charge is 2.48. The summed E-state index contributed by atoms with van der Waals surface area (Å²) in [5.41, 5.74) is 3.07. The van der Waals surface area contributed by atoms with E-state index in [2.05, 4.69) is 0 Å². The summed E-state index contributed by atoms with van der Waals surface area (Å²) in [4.78, 5) is 39.1. The smallest absolute Gasteiger partial charge is 0.343 e. The quantitative estimate of drug-likeness (QED) is 0.457. The molecule has 0 bridgehead atoms. The third-order valence-corrected chi connectivity index (χ3v) is 5.89. The first kappa shape index (κ1) is 18.4. The van der Waals surface area contributed by atoms with Crippen LogP contribution in [-0.4, -0.2) is 17.8 Å². The Morgan fingerprint density at radius 1 is 0.893 bits per heavy atom. The molecule has 1 heterocycles. The maximum atomic E-state index is 12.7. The summed E-state index contributed by atoms with van der Waals surface area (Å²) in [5, 5.41) is 0. The van der Waals surface area contributed by atoms with Crippen molar-refractivity contribution in [3.63, 3.8) is 0 Å². The molecule has 5 nitrogen and oxygen atoms in total. The van der Waals surface area contributed by atoms with Gasteiger partial charge in [-0.15, -0.1) is 0 Å². The molecular weight excluding hydrogens is 354 g/mol. The Morgan fingerprint density at radius 3 is 2.07 bits per heavy atom. The largest absolute Gasteiger partial charge is 0.423 e. The van der Waals surface area contributed by atoms with Crippen LogP contribution >= 0.6 is 0 Å². The van der Waals surface area contributed by atoms with E-state index in [-0.39, 0.29) is 23.7 Å². The van der Waals surface area contributed by atoms with E-state index >= 15 is 0 Å². The molecule has 0 radical (unpaired) electrons. The molecule has 1 aliphatic carbocycles. The summed E-state index contributed by atoms with van der Waals surface area (Å²) in [6, 6.07) is 12.0. The number of carbonyl (C=O) groups excluding carboxylic acids is 3. The van der Waals surface area contributed by atoms with Crippen LogP contribution in [0.4, 0.5) is 5.69 Å². The summed E-state index contributed by atoms with van der Waals surface area (Å²) in [6.45, 7) is 3.96. The molecule has 0 unspecified atom stereocenters. The van der Waals surface area contributed by atoms with Crippen LogP contribution in [0.3, 0.4) is 0 Å². The third kappa shape index (κ3) is 3.21. The van der Waals surface area contributed by atoms with Crippen molar-refractivity contribution in [1.29, 1.82) is 0 Å². The minimum atomic E-state index is -0.470. The van der Waals surface area contributed by atoms with Gasteiger partial charge in [-0.2, -0.15) is 0 Å². The van der Waals surface area contributed by atoms with Gasteiger partial charge in [-0.3, -0.25) is 14.5 Å². The number of imide groups is 1. The van der Waals surface area contributed by atoms with Gasteiger partial charge in [0.25, 0.3) is 0 Å². The fourth-order valence-electron chi connectivity index (χ4n) is 4.11. The maximum absolute atomic E-state index is 12.7. The van der Waals surface area contributed by atoms with Gasteiger partial charge in [0.05, 0.1) is 23.1 Å². The molecule has 1 aliphatic heterocycles. The van der Waals surface area contributed by atoms with Crippen molar-refractivity contribution in [3.05, 3.63) is 59.2 Å². The van der Waals surface area contributed by atoms with Crippen LogP contribution in [0.2, 0.25) is 0 Å². The van der Waals surface area contributed by atoms with E-state index in [0.717, 1.165) is 36.8 Å². The van der Waals surface area contributed by atoms with E-state index in [9.17, 15) is 14.4 Å². The number of nitrogens with zero attached hydrogens (tertiary/aromatic N) is 1. The molecule has 144 valence electrons. The number of amides is 2. The average molecular weight is 377 g/mol. The van der Waals surface area contributed by atoms with Crippen molar-refractivity contribution in [2.24, 2.45) is 11.8 Å². The SMILES string of the molecule is Cc1ccc(OC(=O)c2ccc(N3C(=O)[C@H]4CCCC[C@@H]4C3=O)cc2)cc1C. The van der Waals surface area contributed by atoms with Gasteiger partial charge in [0, 0.05) is 0 Å². The fraction of sp³-hybridized carbons (Fsp3) is 0.348. The Bertz CT molecular complexity index is 924. The van der Waals surface area contributed by atoms with Crippen molar-refractivity contribution >= 4 is 23.5 Å². The van der Waals surface area contributed by atoms with Crippen LogP contribution < -0.4 is 9.64 Å². The standard InChI is InChI=1S/C23H23NO4/c1-14-7-12-18(13-15(14)2)28-23(27)16-8-10-17(11-9-16)24-21(25)19-5-3-4-6-20(19)22(24)26/h7-13,19-20H,3-6H2,1-2H3/t19-,20-/m0/s1. The first-order valence-corrected chi connectivity index (χ1v) is 9.73. The zero-order chi connectivity index (χ0) is 19.8. The van der Waals surface area contributed by atoms with Crippen LogP contribution in [0.1, 0.15) is 47.2 Å². The van der Waals surface area contributed by atoms with Gasteiger partial charge in [-0.05, 0) is 74.2 Å². The summed E-state index contributed by atoms with van der Waals surface area (Å²) in [6.07, 6.45) is 3.56. The van der Waals surface area contributed by atoms with Gasteiger partial charge in [-0.25, -0.2) is 4.79 Å². The lowest BCUT2D eigenvalue weighted by Gasteiger charge is -2.19. The van der Waals surface area contributed by atoms with Gasteiger partial charge >= 0.3 is 5.97 Å². The summed E-state index contributed by atoms with van der Waals surface area (Å²) < 4.78 is 5.43. The molecule has 2 atom stereocenters. The molecule has 1 saturated heterocycles. The van der Waals surface area contributed by atoms with Crippen LogP contribution in [0.25, 0.3) is 0 Å². The third-order valence-electron chi connectivity index (χ3n) is 5.89. The predicted molar refractivity (Wildman–Crippen MR) is 105 cm³/mol. The Hall–Kier alpha value is -2.95. The highest BCUT2D eigenvalue weighted by Crippen LogP contribution is 2.40. The van der Waals surface area contributed by atoms with E-state index in [4.69, 9.17) is 4.74 Å². The molecule has 5 heteroatoms. The molecule has 2 fully saturated rings. The number of esters is 1. The zero-order valence-corrected chi connectivity index (χ0v) is 16.1. The molecule has 0 aromatic heterocycles. The van der Waals surface area contributed by atoms with E-state index in [0.29, 0.717) is 17.0 Å². The normalized spacial score (nSPS) is 21.6. The summed E-state index contributed by atoms with van der Waals surface area (Å²) in [7, 11) is 0. The number of anilines is 1. The van der Waals surface area contributed by atoms with Crippen molar-refractivity contribution in [2.75, 3.05) is 4.90 Å². The first-order chi connectivity index (χ1) is 13.5. The molecule has 28 heavy (non-hydrogen) atoms. The molecule has 4 rings (SSSR count). The Morgan fingerprint density at radius 2 is 1.50 bits per heavy atom. The van der Waals surface area contributed by atoms with Crippen molar-refractivity contribution < 1.29 is 19.1 Å². The second kappa shape index (κ2) is 7.23. The van der Waals surface area contributed by atoms with E-state index in [1.54, 1.807) is 30.3 Å². The van der Waals surface area contributed by atoms with E-state index < -0.39 is 5.97 Å². The van der Waals surface area contributed by atoms with Gasteiger partial charge in [0.1, 0.15) is 5.75 Å². The molecular formula is C23H23NO4. The average Bonchev–Trinajstić information content (AvgIpc) is 2.96. The highest BCUT2D eigenvalue weighted by molar-refractivity contribution is 6.22. The molecule has 0 N–H and O–H groups in total. The fourth-order valence-corrected chi connectivity index (χ4v) is 4.11. The number of ether oxygens (including phenoxy) is 1. The number of aryl methyl sites for hydroxylation is 2. The van der Waals surface area contributed by atoms with Crippen molar-refractivity contribution in [2.45, 2.75) is 39.5 Å². The summed E-state index contributed by atoms with van der Waals surface area (Å²) >= 11 is 0. The lowest BCUT2D eigenvalue weighted by Crippen LogP contribution is -2.30. The summed E-state index contributed by atoms with van der Waals surface area (Å²) in [5.74, 6) is -0.569. The number of fused-ring (bicyclic) bond motifs is 1. The van der Waals surface area contributed by atoms with Gasteiger partial charge in [0.15, 0.2) is 0 Å². The van der Waals surface area contributed by atoms with Crippen molar-refractivity contribution in [3.8, 4) is 5.75 Å². The molecule has 2 aliphatic rings. The van der Waals surface area contributed by atoms with Crippen LogP contribution in [0.5, 0.6) is 5.75 Å². The van der Waals surface area contributed by atoms with Crippen LogP contribution in [0.15, 0.2) is 42.5 Å². The number of carbonyl (C=O) groups is 3. The molecule has 2 amide bonds. The zero-order valence-electron chi connectivity index (χ0n) is 16.1. The number of benzene rings is 2. The number of rotatable bonds is 3. The van der Waals surface area contributed by atoms with Crippen molar-refractivity contribution in [1.82, 2.24) is 0 Å². The minimum Gasteiger partial charge on any atom is -0.423 e. The maximum Gasteiger partial charge on any atom is 0.343 e. The van der Waals surface area contributed by atoms with Crippen LogP contribution in [0, 0.1) is 25.7 Å². The lowest BCUT2D eigenvalue weighted by atomic mass is 9.81. The predicted octanol–water partition coefficient (Wildman–Crippen LogP) is 4.20. The minimum absolute atomic E-state index is 0.111. The second-order valence-electron chi connectivity index (χ2n) is 7.69. The second-order valence-corrected chi connectivity index (χ2v) is 7.69. The Balaban J connectivity index is 1.50. The van der Waals surface area contributed by atoms with E-state index in [1.165, 1.54) is 4.90 Å². The molecule has 0 spiro atoms. The molecule has 2 aromatic carbocycles. The van der Waals surface area contributed by atoms with Crippen LogP contribution in [-0.2, 0) is 9.59 Å². The Kier molecular flexibility index (Phi) is 4.75. The van der Waals surface area contributed by atoms with Gasteiger partial charge in [-0.1, -0.05) is 18.9 Å². The first-order valence-electron chi connectivity index (χ1n) is 9.73. The topological polar surface area (TPSA) is 63.7 Å². The monoisotopic (exact) mass is 377 g/mol. The number of hydrogen-bond acceptors (Lipinski definition) is 4. The Labute approximate surface area is 164 Å². The molecule has 1 saturated carbocycles. The van der Waals surface area contributed by atoms with Gasteiger partial charge in [0.2, 0.25) is 11.8 Å². The molecule has 2 aromatic rings. The highest BCUT2D eigenvalue weighted by atomic mass is 16.5. The lowest BCUT2D eigenvalue weighted by molar-refractivity contribution is -0.122. The van der Waals surface area contributed by atoms with E-state index in [1.807, 2.05) is 26.0 Å². The number of hydrogen-bond donors (Lipinski definition) is 0. The van der Waals surface area contributed by atoms with Gasteiger partial charge < -0.3 is 4.74 Å².